The zero-order chi connectivity index (χ0) is 17.8. The minimum Gasteiger partial charge on any atom is -0.457 e. The molecule has 25 heavy (non-hydrogen) atoms. The highest BCUT2D eigenvalue weighted by atomic mass is 19.1. The first kappa shape index (κ1) is 16.8. The summed E-state index contributed by atoms with van der Waals surface area (Å²) in [6, 6.07) is 13.7. The first-order chi connectivity index (χ1) is 12.0. The number of hydrogen-bond acceptors (Lipinski definition) is 4. The van der Waals surface area contributed by atoms with E-state index in [1.807, 2.05) is 19.1 Å². The Kier molecular flexibility index (Phi) is 4.88. The van der Waals surface area contributed by atoms with E-state index in [9.17, 15) is 14.0 Å². The maximum atomic E-state index is 14.0. The van der Waals surface area contributed by atoms with E-state index in [1.54, 1.807) is 36.5 Å². The molecule has 0 saturated carbocycles. The number of hydrogen-bond donors (Lipinski definition) is 0. The van der Waals surface area contributed by atoms with Crippen LogP contribution in [-0.2, 0) is 22.6 Å². The molecule has 1 unspecified atom stereocenters. The lowest BCUT2D eigenvalue weighted by molar-refractivity contribution is -0.151. The molecule has 0 saturated heterocycles. The Hall–Kier alpha value is -3.02. The lowest BCUT2D eigenvalue weighted by atomic mass is 10.1. The number of aryl methyl sites for hydroxylation is 1. The van der Waals surface area contributed by atoms with Gasteiger partial charge >= 0.3 is 5.97 Å². The number of carbonyl (C=O) groups is 1. The van der Waals surface area contributed by atoms with Crippen LogP contribution in [0.4, 0.5) is 4.39 Å². The van der Waals surface area contributed by atoms with Gasteiger partial charge in [-0.2, -0.15) is 0 Å². The van der Waals surface area contributed by atoms with Gasteiger partial charge in [0.05, 0.1) is 5.69 Å². The van der Waals surface area contributed by atoms with Crippen LogP contribution in [0.3, 0.4) is 0 Å². The Bertz CT molecular complexity index is 954. The van der Waals surface area contributed by atoms with Gasteiger partial charge in [-0.05, 0) is 24.1 Å². The van der Waals surface area contributed by atoms with E-state index in [4.69, 9.17) is 4.74 Å². The Morgan fingerprint density at radius 3 is 2.76 bits per heavy atom. The molecule has 128 valence electrons. The van der Waals surface area contributed by atoms with Gasteiger partial charge in [0.2, 0.25) is 6.17 Å². The molecule has 3 rings (SSSR count). The van der Waals surface area contributed by atoms with Crippen molar-refractivity contribution in [2.45, 2.75) is 26.1 Å². The van der Waals surface area contributed by atoms with Gasteiger partial charge in [-0.1, -0.05) is 36.4 Å². The largest absolute Gasteiger partial charge is 0.457 e. The molecule has 2 heterocycles. The standard InChI is InChI=1S/C19H17FN2O3/c1-13-7-8-17-21-15(10-18(23)22(17)11-13)12-25-19(24)16(20)9-14-5-3-2-4-6-14/h2-8,10-11,16H,9,12H2,1H3. The van der Waals surface area contributed by atoms with Gasteiger partial charge < -0.3 is 4.74 Å². The number of benzene rings is 1. The average molecular weight is 340 g/mol. The number of aromatic nitrogens is 2. The molecule has 0 N–H and O–H groups in total. The minimum atomic E-state index is -1.76. The van der Waals surface area contributed by atoms with E-state index in [1.165, 1.54) is 10.5 Å². The highest BCUT2D eigenvalue weighted by molar-refractivity contribution is 5.74. The zero-order valence-corrected chi connectivity index (χ0v) is 13.7. The summed E-state index contributed by atoms with van der Waals surface area (Å²) in [5.74, 6) is -0.963. The van der Waals surface area contributed by atoms with Gasteiger partial charge in [0.15, 0.2) is 0 Å². The van der Waals surface area contributed by atoms with Crippen LogP contribution in [0.15, 0.2) is 59.5 Å². The fourth-order valence-corrected chi connectivity index (χ4v) is 2.47. The number of esters is 1. The van der Waals surface area contributed by atoms with Gasteiger partial charge in [-0.3, -0.25) is 9.20 Å². The van der Waals surface area contributed by atoms with Crippen molar-refractivity contribution >= 4 is 11.6 Å². The van der Waals surface area contributed by atoms with Crippen molar-refractivity contribution in [3.05, 3.63) is 81.9 Å². The van der Waals surface area contributed by atoms with Crippen molar-refractivity contribution in [2.24, 2.45) is 0 Å². The van der Waals surface area contributed by atoms with E-state index >= 15 is 0 Å². The molecule has 6 heteroatoms. The minimum absolute atomic E-state index is 0.0489. The molecule has 0 aliphatic heterocycles. The van der Waals surface area contributed by atoms with Gasteiger partial charge in [0.1, 0.15) is 12.3 Å². The van der Waals surface area contributed by atoms with Crippen LogP contribution in [0.25, 0.3) is 5.65 Å². The summed E-state index contributed by atoms with van der Waals surface area (Å²) < 4.78 is 20.4. The van der Waals surface area contributed by atoms with E-state index in [0.29, 0.717) is 11.2 Å². The molecule has 0 bridgehead atoms. The van der Waals surface area contributed by atoms with E-state index < -0.39 is 12.1 Å². The Labute approximate surface area is 143 Å². The number of carbonyl (C=O) groups excluding carboxylic acids is 1. The number of nitrogens with zero attached hydrogens (tertiary/aromatic N) is 2. The Morgan fingerprint density at radius 1 is 1.24 bits per heavy atom. The number of rotatable bonds is 5. The fraction of sp³-hybridized carbons (Fsp3) is 0.211. The van der Waals surface area contributed by atoms with Crippen molar-refractivity contribution in [2.75, 3.05) is 0 Å². The third-order valence-corrected chi connectivity index (χ3v) is 3.74. The lowest BCUT2D eigenvalue weighted by Gasteiger charge is -2.09. The predicted molar refractivity (Wildman–Crippen MR) is 91.0 cm³/mol. The summed E-state index contributed by atoms with van der Waals surface area (Å²) in [5.41, 5.74) is 2.10. The van der Waals surface area contributed by atoms with Crippen molar-refractivity contribution in [3.8, 4) is 0 Å². The third-order valence-electron chi connectivity index (χ3n) is 3.74. The molecular weight excluding hydrogens is 323 g/mol. The van der Waals surface area contributed by atoms with Gasteiger partial charge in [0.25, 0.3) is 5.56 Å². The molecule has 3 aromatic rings. The van der Waals surface area contributed by atoms with Crippen molar-refractivity contribution < 1.29 is 13.9 Å². The van der Waals surface area contributed by atoms with Crippen LogP contribution in [-0.4, -0.2) is 21.5 Å². The van der Waals surface area contributed by atoms with Gasteiger partial charge in [0, 0.05) is 18.7 Å². The Morgan fingerprint density at radius 2 is 2.00 bits per heavy atom. The maximum Gasteiger partial charge on any atom is 0.341 e. The van der Waals surface area contributed by atoms with Crippen LogP contribution in [0, 0.1) is 6.92 Å². The van der Waals surface area contributed by atoms with E-state index in [-0.39, 0.29) is 24.3 Å². The van der Waals surface area contributed by atoms with Gasteiger partial charge in [-0.15, -0.1) is 0 Å². The summed E-state index contributed by atoms with van der Waals surface area (Å²) in [6.45, 7) is 1.63. The van der Waals surface area contributed by atoms with Crippen LogP contribution in [0.1, 0.15) is 16.8 Å². The average Bonchev–Trinajstić information content (AvgIpc) is 2.61. The molecule has 0 aliphatic carbocycles. The molecule has 0 radical (unpaired) electrons. The smallest absolute Gasteiger partial charge is 0.341 e. The molecule has 2 aromatic heterocycles. The highest BCUT2D eigenvalue weighted by Gasteiger charge is 2.20. The van der Waals surface area contributed by atoms with Crippen molar-refractivity contribution in [1.82, 2.24) is 9.38 Å². The second-order valence-corrected chi connectivity index (χ2v) is 5.79. The first-order valence-corrected chi connectivity index (χ1v) is 7.86. The zero-order valence-electron chi connectivity index (χ0n) is 13.7. The second kappa shape index (κ2) is 7.25. The Balaban J connectivity index is 1.66. The maximum absolute atomic E-state index is 14.0. The topological polar surface area (TPSA) is 60.7 Å². The normalized spacial score (nSPS) is 12.1. The summed E-state index contributed by atoms with van der Waals surface area (Å²) in [4.78, 5) is 28.1. The summed E-state index contributed by atoms with van der Waals surface area (Å²) in [7, 11) is 0. The van der Waals surface area contributed by atoms with Crippen LogP contribution in [0.5, 0.6) is 0 Å². The molecule has 0 fully saturated rings. The summed E-state index contributed by atoms with van der Waals surface area (Å²) >= 11 is 0. The molecular formula is C19H17FN2O3. The molecule has 5 nitrogen and oxygen atoms in total. The number of pyridine rings is 1. The van der Waals surface area contributed by atoms with E-state index in [2.05, 4.69) is 4.98 Å². The molecule has 1 aromatic carbocycles. The third kappa shape index (κ3) is 4.09. The molecule has 0 spiro atoms. The molecule has 0 aliphatic rings. The van der Waals surface area contributed by atoms with Crippen LogP contribution in [0.2, 0.25) is 0 Å². The second-order valence-electron chi connectivity index (χ2n) is 5.79. The highest BCUT2D eigenvalue weighted by Crippen LogP contribution is 2.09. The quantitative estimate of drug-likeness (QED) is 0.670. The van der Waals surface area contributed by atoms with E-state index in [0.717, 1.165) is 5.56 Å². The first-order valence-electron chi connectivity index (χ1n) is 7.86. The van der Waals surface area contributed by atoms with Gasteiger partial charge in [-0.25, -0.2) is 14.2 Å². The number of fused-ring (bicyclic) bond motifs is 1. The monoisotopic (exact) mass is 340 g/mol. The SMILES string of the molecule is Cc1ccc2nc(COC(=O)C(F)Cc3ccccc3)cc(=O)n2c1. The van der Waals surface area contributed by atoms with Crippen LogP contribution < -0.4 is 5.56 Å². The van der Waals surface area contributed by atoms with Crippen LogP contribution >= 0.6 is 0 Å². The predicted octanol–water partition coefficient (Wildman–Crippen LogP) is 2.63. The number of alkyl halides is 1. The summed E-state index contributed by atoms with van der Waals surface area (Å²) in [6.07, 6.45) is -0.128. The lowest BCUT2D eigenvalue weighted by Crippen LogP contribution is -2.22. The summed E-state index contributed by atoms with van der Waals surface area (Å²) in [5, 5.41) is 0. The number of ether oxygens (including phenoxy) is 1. The molecule has 0 amide bonds. The fourth-order valence-electron chi connectivity index (χ4n) is 2.47. The van der Waals surface area contributed by atoms with Crippen molar-refractivity contribution in [1.29, 1.82) is 0 Å². The van der Waals surface area contributed by atoms with Crippen molar-refractivity contribution in [3.63, 3.8) is 0 Å². The molecule has 1 atom stereocenters. The number of halogens is 1.